The molecule has 0 radical (unpaired) electrons. The molecule has 0 saturated heterocycles. The van der Waals surface area contributed by atoms with E-state index in [9.17, 15) is 68.7 Å². The molecule has 0 aliphatic heterocycles. The number of hydrogen-bond acceptors (Lipinski definition) is 16. The summed E-state index contributed by atoms with van der Waals surface area (Å²) < 4.78 is 315. The minimum atomic E-state index is -6.01. The average molecular weight is 1530 g/mol. The summed E-state index contributed by atoms with van der Waals surface area (Å²) in [6.07, 6.45) is -10.9. The van der Waals surface area contributed by atoms with E-state index in [-0.39, 0.29) is 41.2 Å². The minimum Gasteiger partial charge on any atom is -0.488 e. The van der Waals surface area contributed by atoms with Crippen molar-refractivity contribution in [2.24, 2.45) is 0 Å². The van der Waals surface area contributed by atoms with E-state index in [1.165, 1.54) is 18.2 Å². The maximum absolute atomic E-state index is 15.1. The predicted molar refractivity (Wildman–Crippen MR) is 359 cm³/mol. The van der Waals surface area contributed by atoms with Crippen LogP contribution in [0.15, 0.2) is 209 Å². The van der Waals surface area contributed by atoms with E-state index >= 15 is 26.3 Å². The van der Waals surface area contributed by atoms with Gasteiger partial charge in [0.25, 0.3) is 40.5 Å². The van der Waals surface area contributed by atoms with Gasteiger partial charge in [-0.25, -0.2) is 16.8 Å². The molecule has 2 atom stereocenters. The highest BCUT2D eigenvalue weighted by molar-refractivity contribution is 7.92. The van der Waals surface area contributed by atoms with Gasteiger partial charge in [0.15, 0.2) is 0 Å². The van der Waals surface area contributed by atoms with E-state index in [1.54, 1.807) is 106 Å². The molecule has 0 aliphatic carbocycles. The molecule has 0 amide bonds. The van der Waals surface area contributed by atoms with E-state index in [0.29, 0.717) is 84.6 Å². The highest BCUT2D eigenvalue weighted by Gasteiger charge is 2.72. The van der Waals surface area contributed by atoms with Gasteiger partial charge in [0.2, 0.25) is 25.1 Å². The summed E-state index contributed by atoms with van der Waals surface area (Å²) >= 11 is 0. The topological polar surface area (TPSA) is 323 Å². The van der Waals surface area contributed by atoms with Crippen molar-refractivity contribution in [2.75, 3.05) is 0 Å². The monoisotopic (exact) mass is 1520 g/mol. The summed E-state index contributed by atoms with van der Waals surface area (Å²) in [5.41, 5.74) is -10.4. The zero-order valence-corrected chi connectivity index (χ0v) is 60.4. The molecule has 0 aliphatic rings. The fraction of sp³-hybridized carbons (Fsp3) is 0.304. The lowest BCUT2D eigenvalue weighted by Crippen LogP contribution is -2.54. The molecule has 8 rings (SSSR count). The van der Waals surface area contributed by atoms with Crippen molar-refractivity contribution in [3.05, 3.63) is 192 Å². The highest BCUT2D eigenvalue weighted by atomic mass is 32.2. The number of alkyl halides is 6. The number of hydrogen-bond donors (Lipinski definition) is 4. The van der Waals surface area contributed by atoms with Crippen LogP contribution >= 0.6 is 0 Å². The van der Waals surface area contributed by atoms with Gasteiger partial charge in [-0.15, -0.1) is 0 Å². The van der Waals surface area contributed by atoms with Crippen LogP contribution in [0.2, 0.25) is 0 Å². The largest absolute Gasteiger partial charge is 0.488 e. The van der Waals surface area contributed by atoms with Gasteiger partial charge in [-0.05, 0) is 194 Å². The van der Waals surface area contributed by atoms with Crippen LogP contribution in [0.25, 0.3) is 11.1 Å². The van der Waals surface area contributed by atoms with Crippen LogP contribution in [0.4, 0.5) is 26.3 Å². The van der Waals surface area contributed by atoms with Gasteiger partial charge in [0.05, 0.1) is 29.4 Å². The Morgan fingerprint density at radius 3 is 1.00 bits per heavy atom. The zero-order chi connectivity index (χ0) is 75.5. The Balaban J connectivity index is 1.03. The summed E-state index contributed by atoms with van der Waals surface area (Å²) in [5, 5.41) is 0. The van der Waals surface area contributed by atoms with Crippen molar-refractivity contribution in [1.29, 1.82) is 0 Å². The van der Waals surface area contributed by atoms with E-state index in [0.717, 1.165) is 54.6 Å². The Labute approximate surface area is 582 Å². The van der Waals surface area contributed by atoms with Crippen LogP contribution in [-0.2, 0) is 76.4 Å². The first-order valence-corrected chi connectivity index (χ1v) is 39.3. The van der Waals surface area contributed by atoms with Crippen molar-refractivity contribution in [2.45, 2.75) is 174 Å². The van der Waals surface area contributed by atoms with Gasteiger partial charge < -0.3 is 18.9 Å². The zero-order valence-electron chi connectivity index (χ0n) is 55.5. The number of halogens is 6. The Morgan fingerprint density at radius 2 is 0.663 bits per heavy atom. The summed E-state index contributed by atoms with van der Waals surface area (Å²) in [4.78, 5) is -6.78. The van der Waals surface area contributed by atoms with Crippen molar-refractivity contribution < 1.29 is 114 Å². The van der Waals surface area contributed by atoms with Crippen LogP contribution in [0.1, 0.15) is 117 Å². The Bertz CT molecular complexity index is 5170. The van der Waals surface area contributed by atoms with Gasteiger partial charge in [-0.3, -0.25) is 18.2 Å². The second kappa shape index (κ2) is 27.7. The molecule has 0 spiro atoms. The molecule has 20 nitrogen and oxygen atoms in total. The molecule has 0 heterocycles. The third-order valence-corrected chi connectivity index (χ3v) is 25.4. The molecule has 0 saturated carbocycles. The highest BCUT2D eigenvalue weighted by Crippen LogP contribution is 2.57. The van der Waals surface area contributed by atoms with E-state index in [1.807, 2.05) is 0 Å². The molecule has 0 bridgehead atoms. The molecule has 8 aromatic carbocycles. The third kappa shape index (κ3) is 15.9. The van der Waals surface area contributed by atoms with E-state index < -0.39 is 167 Å². The summed E-state index contributed by atoms with van der Waals surface area (Å²) in [6, 6.07) is 28.2. The molecule has 0 aromatic heterocycles. The minimum absolute atomic E-state index is 0.00285. The molecule has 101 heavy (non-hydrogen) atoms. The van der Waals surface area contributed by atoms with Gasteiger partial charge in [0.1, 0.15) is 55.5 Å². The first-order chi connectivity index (χ1) is 46.3. The fourth-order valence-corrected chi connectivity index (χ4v) is 17.4. The molecule has 2 unspecified atom stereocenters. The van der Waals surface area contributed by atoms with Crippen molar-refractivity contribution in [3.63, 3.8) is 0 Å². The summed E-state index contributed by atoms with van der Waals surface area (Å²) in [6.45, 7) is 16.9. The molecule has 544 valence electrons. The van der Waals surface area contributed by atoms with Gasteiger partial charge in [0, 0.05) is 5.41 Å². The Morgan fingerprint density at radius 1 is 0.347 bits per heavy atom. The van der Waals surface area contributed by atoms with Gasteiger partial charge in [-0.2, -0.15) is 60.0 Å². The predicted octanol–water partition coefficient (Wildman–Crippen LogP) is 16.2. The fourth-order valence-electron chi connectivity index (χ4n) is 11.4. The van der Waals surface area contributed by atoms with Crippen LogP contribution in [0.5, 0.6) is 34.5 Å². The summed E-state index contributed by atoms with van der Waals surface area (Å²) in [7, 11) is -30.7. The lowest BCUT2D eigenvalue weighted by molar-refractivity contribution is -0.288. The molecular weight excluding hydrogens is 1460 g/mol. The maximum atomic E-state index is 15.1. The molecule has 4 N–H and O–H groups in total. The SMILES string of the molecule is CCC(C)(C)Oc1ccc(C(c2ccc(Oc3ccc(S(=O)(=O)c4ccc(C(C)(CC)C(C)(CC)Oc5ccc(-c6ccc(Oc7ccc(S(=O)(=O)c8ccc(C(C)(C)CC)c(S(=O)(=O)O)c8)cc7S(=O)(=O)O)cc6)cc5)c(S(=O)(=O)O)c4)cc3S(=O)(=O)O)cc2)(C(F)(F)F)C(F)(F)F)cc1. The molecule has 32 heteroatoms. The van der Waals surface area contributed by atoms with E-state index in [4.69, 9.17) is 18.9 Å². The van der Waals surface area contributed by atoms with E-state index in [2.05, 4.69) is 0 Å². The smallest absolute Gasteiger partial charge is 0.411 e. The van der Waals surface area contributed by atoms with Crippen molar-refractivity contribution in [3.8, 4) is 45.6 Å². The Hall–Kier alpha value is -7.92. The number of ether oxygens (including phenoxy) is 4. The standard InChI is InChI=1S/C69H70F6O20S6/c1-11-63(5,6)55-35-31-51(39-59(55)98(80,81)82)96(76,77)53-33-37-57(61(41-53)100(86,87)88)92-47-23-15-43(16-24-47)44-17-25-50(26-18-44)95-66(10,14-4)65(9,13-3)56-36-32-52(40-60(56)99(83,84)85)97(78,79)54-34-38-58(62(42-54)101(89,90)91)93-48-27-19-45(20-28-48)67(68(70,71)72,69(73,74)75)46-21-29-49(30-22-46)94-64(7,8)12-2/h15-42H,11-14H2,1-10H3,(H,80,81,82)(H,83,84,85)(H,86,87,88)(H,89,90,91). The number of rotatable bonds is 26. The first-order valence-electron chi connectivity index (χ1n) is 30.6. The second-order valence-electron chi connectivity index (χ2n) is 25.3. The molecule has 0 fully saturated rings. The maximum Gasteiger partial charge on any atom is 0.411 e. The quantitative estimate of drug-likeness (QED) is 0.0289. The average Bonchev–Trinajstić information content (AvgIpc) is 0.732. The second-order valence-corrected chi connectivity index (χ2v) is 34.8. The Kier molecular flexibility index (Phi) is 21.6. The molecular formula is C69H70F6O20S6. The van der Waals surface area contributed by atoms with Gasteiger partial charge >= 0.3 is 12.4 Å². The number of benzene rings is 8. The van der Waals surface area contributed by atoms with Gasteiger partial charge in [-0.1, -0.05) is 109 Å². The van der Waals surface area contributed by atoms with Crippen LogP contribution < -0.4 is 18.9 Å². The van der Waals surface area contributed by atoms with Crippen LogP contribution in [-0.4, -0.2) is 92.3 Å². The lowest BCUT2D eigenvalue weighted by atomic mass is 9.66. The van der Waals surface area contributed by atoms with Crippen LogP contribution in [0.3, 0.4) is 0 Å². The summed E-state index contributed by atoms with van der Waals surface area (Å²) in [5.74, 6) is -1.66. The molecule has 8 aromatic rings. The first kappa shape index (κ1) is 78.8. The normalized spacial score (nSPS) is 14.5. The van der Waals surface area contributed by atoms with Crippen molar-refractivity contribution >= 4 is 60.1 Å². The lowest BCUT2D eigenvalue weighted by Gasteiger charge is -2.46. The van der Waals surface area contributed by atoms with Crippen molar-refractivity contribution in [1.82, 2.24) is 0 Å². The third-order valence-electron chi connectivity index (χ3n) is 18.4. The van der Waals surface area contributed by atoms with Crippen LogP contribution in [0, 0.1) is 0 Å². The number of sulfone groups is 2.